The van der Waals surface area contributed by atoms with Crippen molar-refractivity contribution in [2.24, 2.45) is 0 Å². The van der Waals surface area contributed by atoms with Crippen molar-refractivity contribution in [2.45, 2.75) is 31.8 Å². The van der Waals surface area contributed by atoms with Gasteiger partial charge in [-0.3, -0.25) is 5.32 Å². The SMILES string of the molecule is Cc1ccc(CNC2(C#N)CCN(C)CC2)cc1. The van der Waals surface area contributed by atoms with Gasteiger partial charge in [-0.05, 0) is 32.4 Å². The Hall–Kier alpha value is -1.37. The zero-order valence-corrected chi connectivity index (χ0v) is 11.2. The van der Waals surface area contributed by atoms with E-state index in [1.165, 1.54) is 11.1 Å². The Kier molecular flexibility index (Phi) is 4.00. The summed E-state index contributed by atoms with van der Waals surface area (Å²) in [5.41, 5.74) is 2.18. The second kappa shape index (κ2) is 5.51. The van der Waals surface area contributed by atoms with Crippen LogP contribution in [0.15, 0.2) is 24.3 Å². The fourth-order valence-corrected chi connectivity index (χ4v) is 2.31. The van der Waals surface area contributed by atoms with Crippen molar-refractivity contribution in [2.75, 3.05) is 20.1 Å². The minimum Gasteiger partial charge on any atom is -0.306 e. The summed E-state index contributed by atoms with van der Waals surface area (Å²) in [4.78, 5) is 2.28. The van der Waals surface area contributed by atoms with Crippen molar-refractivity contribution < 1.29 is 0 Å². The third kappa shape index (κ3) is 3.10. The fourth-order valence-electron chi connectivity index (χ4n) is 2.31. The molecule has 3 heteroatoms. The number of nitrogens with zero attached hydrogens (tertiary/aromatic N) is 2. The molecule has 96 valence electrons. The molecule has 0 aliphatic carbocycles. The molecular formula is C15H21N3. The second-order valence-electron chi connectivity index (χ2n) is 5.34. The summed E-state index contributed by atoms with van der Waals surface area (Å²) >= 11 is 0. The molecule has 1 aromatic carbocycles. The molecule has 1 aliphatic rings. The number of benzene rings is 1. The van der Waals surface area contributed by atoms with Gasteiger partial charge in [-0.1, -0.05) is 29.8 Å². The van der Waals surface area contributed by atoms with Gasteiger partial charge in [0, 0.05) is 19.6 Å². The van der Waals surface area contributed by atoms with Crippen molar-refractivity contribution in [3.8, 4) is 6.07 Å². The van der Waals surface area contributed by atoms with E-state index < -0.39 is 0 Å². The third-order valence-corrected chi connectivity index (χ3v) is 3.81. The molecule has 2 rings (SSSR count). The maximum absolute atomic E-state index is 9.42. The Morgan fingerprint density at radius 1 is 1.28 bits per heavy atom. The van der Waals surface area contributed by atoms with Crippen LogP contribution in [0.25, 0.3) is 0 Å². The van der Waals surface area contributed by atoms with E-state index in [1.54, 1.807) is 0 Å². The number of hydrogen-bond acceptors (Lipinski definition) is 3. The topological polar surface area (TPSA) is 39.1 Å². The minimum atomic E-state index is -0.336. The van der Waals surface area contributed by atoms with Gasteiger partial charge in [0.1, 0.15) is 5.54 Å². The maximum atomic E-state index is 9.42. The van der Waals surface area contributed by atoms with Crippen molar-refractivity contribution in [1.29, 1.82) is 5.26 Å². The summed E-state index contributed by atoms with van der Waals surface area (Å²) in [5.74, 6) is 0. The highest BCUT2D eigenvalue weighted by Gasteiger charge is 2.32. The highest BCUT2D eigenvalue weighted by molar-refractivity contribution is 5.22. The van der Waals surface area contributed by atoms with Gasteiger partial charge in [0.2, 0.25) is 0 Å². The van der Waals surface area contributed by atoms with Gasteiger partial charge in [-0.2, -0.15) is 5.26 Å². The summed E-state index contributed by atoms with van der Waals surface area (Å²) in [6, 6.07) is 11.0. The van der Waals surface area contributed by atoms with Gasteiger partial charge in [-0.25, -0.2) is 0 Å². The Balaban J connectivity index is 1.95. The molecule has 0 amide bonds. The van der Waals surface area contributed by atoms with E-state index in [9.17, 15) is 5.26 Å². The van der Waals surface area contributed by atoms with E-state index in [0.717, 1.165) is 32.5 Å². The van der Waals surface area contributed by atoms with Crippen molar-refractivity contribution in [1.82, 2.24) is 10.2 Å². The highest BCUT2D eigenvalue weighted by Crippen LogP contribution is 2.21. The van der Waals surface area contributed by atoms with Gasteiger partial charge in [-0.15, -0.1) is 0 Å². The Morgan fingerprint density at radius 2 is 1.89 bits per heavy atom. The molecule has 0 unspecified atom stereocenters. The van der Waals surface area contributed by atoms with Crippen LogP contribution < -0.4 is 5.32 Å². The number of nitriles is 1. The molecule has 0 saturated carbocycles. The maximum Gasteiger partial charge on any atom is 0.109 e. The van der Waals surface area contributed by atoms with Crippen LogP contribution in [0.2, 0.25) is 0 Å². The molecule has 1 saturated heterocycles. The predicted molar refractivity (Wildman–Crippen MR) is 73.1 cm³/mol. The molecule has 0 spiro atoms. The van der Waals surface area contributed by atoms with Gasteiger partial charge in [0.25, 0.3) is 0 Å². The van der Waals surface area contributed by atoms with Crippen LogP contribution in [0.5, 0.6) is 0 Å². The van der Waals surface area contributed by atoms with E-state index in [1.807, 2.05) is 0 Å². The average molecular weight is 243 g/mol. The van der Waals surface area contributed by atoms with E-state index in [-0.39, 0.29) is 5.54 Å². The average Bonchev–Trinajstić information content (AvgIpc) is 2.41. The van der Waals surface area contributed by atoms with Crippen LogP contribution in [0.1, 0.15) is 24.0 Å². The molecule has 18 heavy (non-hydrogen) atoms. The largest absolute Gasteiger partial charge is 0.306 e. The predicted octanol–water partition coefficient (Wildman–Crippen LogP) is 2.07. The van der Waals surface area contributed by atoms with Crippen LogP contribution in [0, 0.1) is 18.3 Å². The van der Waals surface area contributed by atoms with Gasteiger partial charge >= 0.3 is 0 Å². The van der Waals surface area contributed by atoms with Gasteiger partial charge in [0.15, 0.2) is 0 Å². The monoisotopic (exact) mass is 243 g/mol. The lowest BCUT2D eigenvalue weighted by Gasteiger charge is -2.36. The number of nitrogens with one attached hydrogen (secondary N) is 1. The van der Waals surface area contributed by atoms with E-state index in [4.69, 9.17) is 0 Å². The lowest BCUT2D eigenvalue weighted by molar-refractivity contribution is 0.194. The van der Waals surface area contributed by atoms with Crippen LogP contribution in [-0.4, -0.2) is 30.6 Å². The van der Waals surface area contributed by atoms with E-state index in [2.05, 4.69) is 54.5 Å². The molecule has 1 aromatic rings. The Labute approximate surface area is 109 Å². The summed E-state index contributed by atoms with van der Waals surface area (Å²) < 4.78 is 0. The zero-order chi connectivity index (χ0) is 13.0. The standard InChI is InChI=1S/C15H21N3/c1-13-3-5-14(6-4-13)11-17-15(12-16)7-9-18(2)10-8-15/h3-6,17H,7-11H2,1-2H3. The fraction of sp³-hybridized carbons (Fsp3) is 0.533. The molecule has 1 fully saturated rings. The van der Waals surface area contributed by atoms with Crippen molar-refractivity contribution in [3.63, 3.8) is 0 Å². The van der Waals surface area contributed by atoms with Gasteiger partial charge < -0.3 is 4.90 Å². The normalized spacial score (nSPS) is 19.4. The highest BCUT2D eigenvalue weighted by atomic mass is 15.1. The third-order valence-electron chi connectivity index (χ3n) is 3.81. The van der Waals surface area contributed by atoms with Crippen LogP contribution in [0.3, 0.4) is 0 Å². The summed E-state index contributed by atoms with van der Waals surface area (Å²) in [5, 5.41) is 12.9. The number of rotatable bonds is 3. The molecule has 0 atom stereocenters. The number of likely N-dealkylation sites (tertiary alicyclic amines) is 1. The molecule has 1 aliphatic heterocycles. The first kappa shape index (κ1) is 13.1. The second-order valence-corrected chi connectivity index (χ2v) is 5.34. The molecule has 0 aromatic heterocycles. The minimum absolute atomic E-state index is 0.336. The molecule has 0 bridgehead atoms. The number of piperidine rings is 1. The van der Waals surface area contributed by atoms with Crippen LogP contribution in [0.4, 0.5) is 0 Å². The van der Waals surface area contributed by atoms with Gasteiger partial charge in [0.05, 0.1) is 6.07 Å². The molecule has 1 heterocycles. The van der Waals surface area contributed by atoms with Crippen LogP contribution in [-0.2, 0) is 6.54 Å². The molecular weight excluding hydrogens is 222 g/mol. The van der Waals surface area contributed by atoms with Crippen molar-refractivity contribution >= 4 is 0 Å². The first-order chi connectivity index (χ1) is 8.63. The van der Waals surface area contributed by atoms with E-state index in [0.29, 0.717) is 0 Å². The molecule has 1 N–H and O–H groups in total. The van der Waals surface area contributed by atoms with E-state index >= 15 is 0 Å². The number of aryl methyl sites for hydroxylation is 1. The Bertz CT molecular complexity index is 422. The zero-order valence-electron chi connectivity index (χ0n) is 11.2. The summed E-state index contributed by atoms with van der Waals surface area (Å²) in [6.07, 6.45) is 1.82. The quantitative estimate of drug-likeness (QED) is 0.883. The first-order valence-electron chi connectivity index (χ1n) is 6.54. The Morgan fingerprint density at radius 3 is 2.44 bits per heavy atom. The summed E-state index contributed by atoms with van der Waals surface area (Å²) in [7, 11) is 2.11. The molecule has 0 radical (unpaired) electrons. The number of hydrogen-bond donors (Lipinski definition) is 1. The van der Waals surface area contributed by atoms with Crippen LogP contribution >= 0.6 is 0 Å². The lowest BCUT2D eigenvalue weighted by atomic mass is 9.89. The lowest BCUT2D eigenvalue weighted by Crippen LogP contribution is -2.51. The van der Waals surface area contributed by atoms with Crippen molar-refractivity contribution in [3.05, 3.63) is 35.4 Å². The molecule has 3 nitrogen and oxygen atoms in total. The first-order valence-corrected chi connectivity index (χ1v) is 6.54. The summed E-state index contributed by atoms with van der Waals surface area (Å²) in [6.45, 7) is 4.85. The smallest absolute Gasteiger partial charge is 0.109 e.